The second-order valence-electron chi connectivity index (χ2n) is 7.31. The van der Waals surface area contributed by atoms with Crippen molar-refractivity contribution in [1.29, 1.82) is 0 Å². The van der Waals surface area contributed by atoms with Gasteiger partial charge in [0.2, 0.25) is 0 Å². The Morgan fingerprint density at radius 3 is 1.23 bits per heavy atom. The van der Waals surface area contributed by atoms with Gasteiger partial charge in [0.05, 0.1) is 24.4 Å². The molecule has 26 heavy (non-hydrogen) atoms. The van der Waals surface area contributed by atoms with Gasteiger partial charge in [-0.05, 0) is 80.2 Å². The van der Waals surface area contributed by atoms with Gasteiger partial charge in [-0.15, -0.1) is 0 Å². The van der Waals surface area contributed by atoms with Gasteiger partial charge in [-0.2, -0.15) is 11.8 Å². The minimum absolute atomic E-state index is 0.339. The molecule has 0 saturated heterocycles. The molecule has 0 aromatic heterocycles. The Bertz CT molecular complexity index is 416. The fraction of sp³-hybridized carbons (Fsp3) is 1.00. The molecule has 0 aliphatic rings. The second kappa shape index (κ2) is 12.3. The molecule has 0 radical (unpaired) electrons. The van der Waals surface area contributed by atoms with E-state index in [4.69, 9.17) is 18.1 Å². The first kappa shape index (κ1) is 26.6. The first-order chi connectivity index (χ1) is 11.9. The van der Waals surface area contributed by atoms with Crippen LogP contribution in [0.2, 0.25) is 0 Å². The van der Waals surface area contributed by atoms with Crippen LogP contribution in [-0.2, 0) is 27.2 Å². The van der Waals surface area contributed by atoms with Crippen molar-refractivity contribution in [3.05, 3.63) is 0 Å². The molecule has 0 aliphatic heterocycles. The Kier molecular flexibility index (Phi) is 12.6. The van der Waals surface area contributed by atoms with Crippen molar-refractivity contribution in [2.45, 2.75) is 98.0 Å². The van der Waals surface area contributed by atoms with Gasteiger partial charge >= 0.3 is 15.2 Å². The molecule has 0 spiro atoms. The summed E-state index contributed by atoms with van der Waals surface area (Å²) in [6, 6.07) is 0. The van der Waals surface area contributed by atoms with E-state index in [9.17, 15) is 9.13 Å². The highest BCUT2D eigenvalue weighted by molar-refractivity contribution is 7.98. The molecule has 6 nitrogen and oxygen atoms in total. The van der Waals surface area contributed by atoms with E-state index < -0.39 is 20.6 Å². The molecule has 0 rings (SSSR count). The molecule has 0 aromatic rings. The Hall–Kier alpha value is 0.650. The van der Waals surface area contributed by atoms with Crippen LogP contribution < -0.4 is 0 Å². The summed E-state index contributed by atoms with van der Waals surface area (Å²) < 4.78 is 50.5. The van der Waals surface area contributed by atoms with Crippen LogP contribution in [0.25, 0.3) is 0 Å². The zero-order chi connectivity index (χ0) is 20.5. The van der Waals surface area contributed by atoms with E-state index in [1.807, 2.05) is 6.26 Å². The van der Waals surface area contributed by atoms with Crippen LogP contribution in [0.5, 0.6) is 0 Å². The fourth-order valence-corrected chi connectivity index (χ4v) is 8.91. The maximum Gasteiger partial charge on any atom is 0.346 e. The lowest BCUT2D eigenvalue weighted by Crippen LogP contribution is -2.23. The van der Waals surface area contributed by atoms with E-state index in [0.717, 1.165) is 5.75 Å². The summed E-state index contributed by atoms with van der Waals surface area (Å²) in [5.41, 5.74) is 0. The van der Waals surface area contributed by atoms with Crippen LogP contribution >= 0.6 is 27.0 Å². The maximum atomic E-state index is 13.8. The van der Waals surface area contributed by atoms with E-state index in [0.29, 0.717) is 12.8 Å². The third kappa shape index (κ3) is 9.73. The zero-order valence-corrected chi connectivity index (χ0v) is 20.4. The predicted octanol–water partition coefficient (Wildman–Crippen LogP) is 6.54. The largest absolute Gasteiger partial charge is 0.346 e. The first-order valence-electron chi connectivity index (χ1n) is 9.28. The summed E-state index contributed by atoms with van der Waals surface area (Å²) in [5, 5.41) is -0.947. The normalized spacial score (nSPS) is 13.8. The van der Waals surface area contributed by atoms with Crippen molar-refractivity contribution in [3.63, 3.8) is 0 Å². The Morgan fingerprint density at radius 2 is 1.00 bits per heavy atom. The molecule has 0 N–H and O–H groups in total. The monoisotopic (exact) mass is 432 g/mol. The van der Waals surface area contributed by atoms with Gasteiger partial charge in [0.1, 0.15) is 0 Å². The Morgan fingerprint density at radius 1 is 0.692 bits per heavy atom. The van der Waals surface area contributed by atoms with E-state index in [-0.39, 0.29) is 24.4 Å². The van der Waals surface area contributed by atoms with E-state index in [1.54, 1.807) is 67.2 Å². The summed E-state index contributed by atoms with van der Waals surface area (Å²) in [6.07, 6.45) is 1.74. The number of hydrogen-bond acceptors (Lipinski definition) is 7. The van der Waals surface area contributed by atoms with Crippen molar-refractivity contribution < 1.29 is 27.2 Å². The van der Waals surface area contributed by atoms with Crippen molar-refractivity contribution in [2.75, 3.05) is 12.0 Å². The number of thioether (sulfide) groups is 1. The van der Waals surface area contributed by atoms with Crippen molar-refractivity contribution in [1.82, 2.24) is 0 Å². The minimum atomic E-state index is -3.74. The van der Waals surface area contributed by atoms with E-state index in [1.165, 1.54) is 0 Å². The van der Waals surface area contributed by atoms with Gasteiger partial charge in [-0.1, -0.05) is 0 Å². The average Bonchev–Trinajstić information content (AvgIpc) is 2.39. The van der Waals surface area contributed by atoms with Crippen LogP contribution in [0.15, 0.2) is 0 Å². The lowest BCUT2D eigenvalue weighted by molar-refractivity contribution is 0.121. The molecule has 0 amide bonds. The molecule has 0 unspecified atom stereocenters. The van der Waals surface area contributed by atoms with Gasteiger partial charge in [-0.25, -0.2) is 0 Å². The summed E-state index contributed by atoms with van der Waals surface area (Å²) in [5.74, 6) is 0.850. The zero-order valence-electron chi connectivity index (χ0n) is 17.8. The molecule has 158 valence electrons. The summed E-state index contributed by atoms with van der Waals surface area (Å²) in [6.45, 7) is 14.3. The van der Waals surface area contributed by atoms with E-state index in [2.05, 4.69) is 0 Å². The third-order valence-corrected chi connectivity index (χ3v) is 10.2. The quantitative estimate of drug-likeness (QED) is 0.228. The second-order valence-corrected chi connectivity index (χ2v) is 13.0. The first-order valence-corrected chi connectivity index (χ1v) is 13.9. The molecule has 0 heterocycles. The number of rotatable bonds is 14. The third-order valence-electron chi connectivity index (χ3n) is 2.97. The maximum absolute atomic E-state index is 13.8. The summed E-state index contributed by atoms with van der Waals surface area (Å²) in [7, 11) is -7.48. The van der Waals surface area contributed by atoms with Crippen LogP contribution in [0.3, 0.4) is 0 Å². The van der Waals surface area contributed by atoms with Crippen molar-refractivity contribution >= 4 is 27.0 Å². The van der Waals surface area contributed by atoms with Crippen LogP contribution in [-0.4, -0.2) is 41.8 Å². The predicted molar refractivity (Wildman–Crippen MR) is 112 cm³/mol. The fourth-order valence-electron chi connectivity index (χ4n) is 2.41. The lowest BCUT2D eigenvalue weighted by atomic mass is 10.4. The average molecular weight is 433 g/mol. The highest BCUT2D eigenvalue weighted by atomic mass is 32.2. The highest BCUT2D eigenvalue weighted by Gasteiger charge is 2.52. The molecule has 9 heteroatoms. The topological polar surface area (TPSA) is 71.1 Å². The molecular formula is C17H38O6P2S. The van der Waals surface area contributed by atoms with Gasteiger partial charge in [0, 0.05) is 0 Å². The van der Waals surface area contributed by atoms with Crippen molar-refractivity contribution in [2.24, 2.45) is 0 Å². The van der Waals surface area contributed by atoms with Crippen LogP contribution in [0.4, 0.5) is 0 Å². The van der Waals surface area contributed by atoms with Crippen LogP contribution in [0, 0.1) is 0 Å². The van der Waals surface area contributed by atoms with E-state index >= 15 is 0 Å². The Balaban J connectivity index is 6.07. The Labute approximate surface area is 164 Å². The molecule has 0 atom stereocenters. The smallest absolute Gasteiger partial charge is 0.305 e. The van der Waals surface area contributed by atoms with Gasteiger partial charge < -0.3 is 18.1 Å². The van der Waals surface area contributed by atoms with Crippen molar-refractivity contribution in [3.8, 4) is 0 Å². The molecule has 0 fully saturated rings. The van der Waals surface area contributed by atoms with Crippen LogP contribution in [0.1, 0.15) is 68.2 Å². The standard InChI is InChI=1S/C17H38O6P2S/c1-13(2)20-24(18,21-14(3)4)17(11-10-12-26-9)25(19,22-15(5)6)23-16(7)8/h13-17H,10-12H2,1-9H3. The lowest BCUT2D eigenvalue weighted by Gasteiger charge is -2.35. The minimum Gasteiger partial charge on any atom is -0.305 e. The molecule has 0 aromatic carbocycles. The summed E-state index contributed by atoms with van der Waals surface area (Å²) >= 11 is 1.68. The number of hydrogen-bond donors (Lipinski definition) is 0. The van der Waals surface area contributed by atoms with Gasteiger partial charge in [-0.3, -0.25) is 9.13 Å². The molecule has 0 aliphatic carbocycles. The molecule has 0 bridgehead atoms. The van der Waals surface area contributed by atoms with Gasteiger partial charge in [0.25, 0.3) is 0 Å². The van der Waals surface area contributed by atoms with Gasteiger partial charge in [0.15, 0.2) is 5.40 Å². The summed E-state index contributed by atoms with van der Waals surface area (Å²) in [4.78, 5) is 0. The molecular weight excluding hydrogens is 394 g/mol. The SMILES string of the molecule is CSCCCC(P(=O)(OC(C)C)OC(C)C)P(=O)(OC(C)C)OC(C)C. The highest BCUT2D eigenvalue weighted by Crippen LogP contribution is 2.73. The molecule has 0 saturated carbocycles.